The van der Waals surface area contributed by atoms with E-state index in [-0.39, 0.29) is 0 Å². The maximum absolute atomic E-state index is 5.60. The molecule has 0 radical (unpaired) electrons. The summed E-state index contributed by atoms with van der Waals surface area (Å²) in [4.78, 5) is 13.2. The zero-order chi connectivity index (χ0) is 43.0. The number of rotatable bonds is 6. The van der Waals surface area contributed by atoms with Crippen LogP contribution in [0.4, 0.5) is 0 Å². The predicted octanol–water partition coefficient (Wildman–Crippen LogP) is 14.8. The van der Waals surface area contributed by atoms with Crippen LogP contribution >= 0.6 is 0 Å². The zero-order valence-corrected chi connectivity index (χ0v) is 35.7. The SMILES string of the molecule is CN1C(c2ccc(-c3ccccc3)cc2)=NC(c2ccc(-c3ccccc3)cc2)=NC1n1c2ccc(-n3c4ccccc4c4cc5ccccc5cc43)cc2c2cc3ccccc3cc21. The second-order valence-corrected chi connectivity index (χ2v) is 17.1. The molecule has 1 unspecified atom stereocenters. The minimum absolute atomic E-state index is 0.452. The predicted molar refractivity (Wildman–Crippen MR) is 272 cm³/mol. The lowest BCUT2D eigenvalue weighted by atomic mass is 10.0. The number of fused-ring (bicyclic) bond motifs is 8. The Morgan fingerprint density at radius 1 is 0.354 bits per heavy atom. The van der Waals surface area contributed by atoms with Gasteiger partial charge in [-0.15, -0.1) is 0 Å². The van der Waals surface area contributed by atoms with Crippen molar-refractivity contribution in [3.63, 3.8) is 0 Å². The monoisotopic (exact) mass is 831 g/mol. The van der Waals surface area contributed by atoms with Gasteiger partial charge in [0, 0.05) is 45.4 Å². The van der Waals surface area contributed by atoms with Gasteiger partial charge in [0.05, 0.1) is 22.1 Å². The van der Waals surface area contributed by atoms with Crippen molar-refractivity contribution < 1.29 is 0 Å². The summed E-state index contributed by atoms with van der Waals surface area (Å²) in [7, 11) is 2.13. The summed E-state index contributed by atoms with van der Waals surface area (Å²) in [6, 6.07) is 81.0. The molecule has 1 atom stereocenters. The topological polar surface area (TPSA) is 37.8 Å². The molecule has 0 N–H and O–H groups in total. The summed E-state index contributed by atoms with van der Waals surface area (Å²) in [6.45, 7) is 0. The largest absolute Gasteiger partial charge is 0.320 e. The van der Waals surface area contributed by atoms with Crippen LogP contribution in [0.2, 0.25) is 0 Å². The quantitative estimate of drug-likeness (QED) is 0.164. The van der Waals surface area contributed by atoms with Crippen molar-refractivity contribution in [2.75, 3.05) is 7.05 Å². The summed E-state index contributed by atoms with van der Waals surface area (Å²) in [5.74, 6) is 1.55. The molecule has 5 nitrogen and oxygen atoms in total. The molecule has 10 aromatic carbocycles. The third-order valence-corrected chi connectivity index (χ3v) is 13.3. The lowest BCUT2D eigenvalue weighted by Crippen LogP contribution is -2.38. The fourth-order valence-corrected chi connectivity index (χ4v) is 10.1. The molecule has 0 fully saturated rings. The second kappa shape index (κ2) is 14.8. The maximum Gasteiger partial charge on any atom is 0.206 e. The number of benzene rings is 10. The molecule has 1 aliphatic heterocycles. The van der Waals surface area contributed by atoms with E-state index in [2.05, 4.69) is 246 Å². The van der Waals surface area contributed by atoms with Crippen LogP contribution in [-0.4, -0.2) is 32.8 Å². The van der Waals surface area contributed by atoms with Gasteiger partial charge >= 0.3 is 0 Å². The highest BCUT2D eigenvalue weighted by Gasteiger charge is 2.30. The molecule has 0 saturated heterocycles. The van der Waals surface area contributed by atoms with Gasteiger partial charge in [-0.1, -0.05) is 176 Å². The van der Waals surface area contributed by atoms with Crippen molar-refractivity contribution >= 4 is 76.8 Å². The molecule has 306 valence electrons. The van der Waals surface area contributed by atoms with Crippen LogP contribution in [0.15, 0.2) is 234 Å². The van der Waals surface area contributed by atoms with Gasteiger partial charge in [-0.05, 0) is 92.3 Å². The molecule has 3 heterocycles. The third-order valence-electron chi connectivity index (χ3n) is 13.3. The Morgan fingerprint density at radius 3 is 1.46 bits per heavy atom. The van der Waals surface area contributed by atoms with E-state index >= 15 is 0 Å². The smallest absolute Gasteiger partial charge is 0.206 e. The Hall–Kier alpha value is -8.54. The van der Waals surface area contributed by atoms with Crippen molar-refractivity contribution in [2.45, 2.75) is 6.29 Å². The molecule has 0 bridgehead atoms. The number of amidine groups is 2. The summed E-state index contributed by atoms with van der Waals surface area (Å²) in [6.07, 6.45) is -0.452. The van der Waals surface area contributed by atoms with Crippen molar-refractivity contribution in [3.8, 4) is 27.9 Å². The first-order chi connectivity index (χ1) is 32.1. The molecule has 65 heavy (non-hydrogen) atoms. The zero-order valence-electron chi connectivity index (χ0n) is 35.7. The van der Waals surface area contributed by atoms with Crippen LogP contribution in [0.3, 0.4) is 0 Å². The molecule has 2 aromatic heterocycles. The van der Waals surface area contributed by atoms with Gasteiger partial charge in [-0.2, -0.15) is 0 Å². The van der Waals surface area contributed by atoms with Crippen molar-refractivity contribution in [2.24, 2.45) is 9.98 Å². The standard InChI is InChI=1S/C60H41N5/c1-63-59(44-30-26-42(27-31-44)40-16-6-3-7-17-40)61-58(43-28-24-41(25-29-43)39-14-4-2-5-15-39)62-60(63)65-55-33-32-49(38-53(55)52-35-46-19-9-11-21-48(46)37-57(52)65)64-54-23-13-12-22-50(54)51-34-45-18-8-10-20-47(45)36-56(51)64/h2-38,60H,1H3. The molecule has 0 aliphatic carbocycles. The first-order valence-electron chi connectivity index (χ1n) is 22.2. The first kappa shape index (κ1) is 37.1. The lowest BCUT2D eigenvalue weighted by Gasteiger charge is -2.34. The van der Waals surface area contributed by atoms with Gasteiger partial charge in [0.15, 0.2) is 5.84 Å². The summed E-state index contributed by atoms with van der Waals surface area (Å²) < 4.78 is 4.86. The highest BCUT2D eigenvalue weighted by atomic mass is 15.4. The number of aromatic nitrogens is 2. The fourth-order valence-electron chi connectivity index (χ4n) is 10.1. The average Bonchev–Trinajstić information content (AvgIpc) is 3.86. The summed E-state index contributed by atoms with van der Waals surface area (Å²) in [5.41, 5.74) is 12.4. The van der Waals surface area contributed by atoms with Crippen LogP contribution in [0, 0.1) is 0 Å². The minimum Gasteiger partial charge on any atom is -0.320 e. The first-order valence-corrected chi connectivity index (χ1v) is 22.2. The van der Waals surface area contributed by atoms with Crippen LogP contribution in [0.5, 0.6) is 0 Å². The molecule has 5 heteroatoms. The molecule has 0 amide bonds. The Labute approximate surface area is 376 Å². The summed E-state index contributed by atoms with van der Waals surface area (Å²) >= 11 is 0. The van der Waals surface area contributed by atoms with E-state index in [0.29, 0.717) is 5.84 Å². The van der Waals surface area contributed by atoms with Gasteiger partial charge in [0.1, 0.15) is 5.84 Å². The average molecular weight is 832 g/mol. The lowest BCUT2D eigenvalue weighted by molar-refractivity contribution is 0.297. The number of para-hydroxylation sites is 1. The fraction of sp³-hybridized carbons (Fsp3) is 0.0333. The van der Waals surface area contributed by atoms with E-state index in [1.165, 1.54) is 65.3 Å². The Morgan fingerprint density at radius 2 is 0.831 bits per heavy atom. The number of hydrogen-bond acceptors (Lipinski definition) is 3. The molecule has 0 spiro atoms. The van der Waals surface area contributed by atoms with E-state index in [1.54, 1.807) is 0 Å². The maximum atomic E-state index is 5.60. The Kier molecular flexibility index (Phi) is 8.43. The molecule has 0 saturated carbocycles. The highest BCUT2D eigenvalue weighted by Crippen LogP contribution is 2.41. The highest BCUT2D eigenvalue weighted by molar-refractivity contribution is 6.17. The molecule has 12 aromatic rings. The summed E-state index contributed by atoms with van der Waals surface area (Å²) in [5, 5.41) is 9.70. The van der Waals surface area contributed by atoms with Crippen LogP contribution in [0.25, 0.3) is 93.1 Å². The van der Waals surface area contributed by atoms with Crippen LogP contribution in [0.1, 0.15) is 17.4 Å². The van der Waals surface area contributed by atoms with Crippen molar-refractivity contribution in [1.82, 2.24) is 14.0 Å². The minimum atomic E-state index is -0.452. The Balaban J connectivity index is 1.02. The van der Waals surface area contributed by atoms with Gasteiger partial charge in [-0.3, -0.25) is 0 Å². The van der Waals surface area contributed by atoms with E-state index in [4.69, 9.17) is 9.98 Å². The van der Waals surface area contributed by atoms with E-state index in [1.807, 2.05) is 0 Å². The Bertz CT molecular complexity index is 3880. The van der Waals surface area contributed by atoms with Crippen molar-refractivity contribution in [1.29, 1.82) is 0 Å². The third kappa shape index (κ3) is 6.08. The number of aliphatic imine (C=N–C) groups is 2. The molecular weight excluding hydrogens is 791 g/mol. The number of nitrogens with zero attached hydrogens (tertiary/aromatic N) is 5. The molecule has 1 aliphatic rings. The molecular formula is C60H41N5. The normalized spacial score (nSPS) is 14.2. The van der Waals surface area contributed by atoms with Gasteiger partial charge in [0.2, 0.25) is 6.29 Å². The van der Waals surface area contributed by atoms with E-state index in [0.717, 1.165) is 44.8 Å². The van der Waals surface area contributed by atoms with Gasteiger partial charge < -0.3 is 14.0 Å². The van der Waals surface area contributed by atoms with Crippen LogP contribution < -0.4 is 0 Å². The van der Waals surface area contributed by atoms with Crippen molar-refractivity contribution in [3.05, 3.63) is 236 Å². The van der Waals surface area contributed by atoms with Gasteiger partial charge in [-0.25, -0.2) is 9.98 Å². The van der Waals surface area contributed by atoms with E-state index < -0.39 is 6.29 Å². The van der Waals surface area contributed by atoms with Crippen LogP contribution in [-0.2, 0) is 0 Å². The number of hydrogen-bond donors (Lipinski definition) is 0. The second-order valence-electron chi connectivity index (χ2n) is 17.1. The molecule has 13 rings (SSSR count). The van der Waals surface area contributed by atoms with Gasteiger partial charge in [0.25, 0.3) is 0 Å². The van der Waals surface area contributed by atoms with E-state index in [9.17, 15) is 0 Å².